The van der Waals surface area contributed by atoms with Gasteiger partial charge >= 0.3 is 0 Å². The second-order valence-corrected chi connectivity index (χ2v) is 12.4. The second-order valence-electron chi connectivity index (χ2n) is 11.5. The third-order valence-corrected chi connectivity index (χ3v) is 8.79. The number of hydrogen-bond donors (Lipinski definition) is 2. The molecule has 1 heterocycles. The molecule has 0 bridgehead atoms. The molecule has 0 aliphatic heterocycles. The molecule has 1 aromatic heterocycles. The molecular formula is C36H54N2O4S. The summed E-state index contributed by atoms with van der Waals surface area (Å²) in [7, 11) is 0. The number of aliphatic hydroxyl groups excluding tert-OH is 2. The van der Waals surface area contributed by atoms with E-state index >= 15 is 0 Å². The lowest BCUT2D eigenvalue weighted by molar-refractivity contribution is 0.282. The highest BCUT2D eigenvalue weighted by molar-refractivity contribution is 7.17. The molecule has 2 N–H and O–H groups in total. The van der Waals surface area contributed by atoms with Crippen LogP contribution in [-0.2, 0) is 0 Å². The first kappa shape index (κ1) is 35.0. The highest BCUT2D eigenvalue weighted by Crippen LogP contribution is 2.31. The Labute approximate surface area is 263 Å². The van der Waals surface area contributed by atoms with E-state index in [-0.39, 0.29) is 0 Å². The number of aromatic nitrogens is 2. The third-order valence-electron chi connectivity index (χ3n) is 7.77. The quantitative estimate of drug-likeness (QED) is 0.0881. The maximum absolute atomic E-state index is 8.82. The van der Waals surface area contributed by atoms with Crippen molar-refractivity contribution in [1.82, 2.24) is 10.2 Å². The van der Waals surface area contributed by atoms with Crippen LogP contribution in [0.3, 0.4) is 0 Å². The van der Waals surface area contributed by atoms with Gasteiger partial charge in [-0.05, 0) is 74.2 Å². The molecule has 0 saturated heterocycles. The van der Waals surface area contributed by atoms with Crippen LogP contribution in [0.15, 0.2) is 48.5 Å². The van der Waals surface area contributed by atoms with Crippen molar-refractivity contribution in [2.75, 3.05) is 26.4 Å². The predicted molar refractivity (Wildman–Crippen MR) is 179 cm³/mol. The van der Waals surface area contributed by atoms with Crippen molar-refractivity contribution in [2.45, 2.75) is 116 Å². The van der Waals surface area contributed by atoms with Crippen LogP contribution >= 0.6 is 11.3 Å². The lowest BCUT2D eigenvalue weighted by atomic mass is 10.1. The predicted octanol–water partition coefficient (Wildman–Crippen LogP) is 9.64. The van der Waals surface area contributed by atoms with Crippen LogP contribution in [0.4, 0.5) is 0 Å². The largest absolute Gasteiger partial charge is 0.494 e. The Morgan fingerprint density at radius 1 is 0.419 bits per heavy atom. The zero-order valence-electron chi connectivity index (χ0n) is 26.2. The minimum absolute atomic E-state index is 0.327. The molecule has 7 heteroatoms. The van der Waals surface area contributed by atoms with Crippen LogP contribution in [0.5, 0.6) is 11.5 Å². The Kier molecular flexibility index (Phi) is 18.7. The first-order valence-electron chi connectivity index (χ1n) is 16.8. The SMILES string of the molecule is OCCCCCCCCCCCOc1ccc(-c2nnc(-c3ccc(OCCCCCCCCCCCO)cc3)s2)cc1. The molecule has 0 unspecified atom stereocenters. The van der Waals surface area contributed by atoms with Gasteiger partial charge in [-0.25, -0.2) is 0 Å². The molecule has 0 aliphatic carbocycles. The van der Waals surface area contributed by atoms with Gasteiger partial charge in [-0.15, -0.1) is 10.2 Å². The van der Waals surface area contributed by atoms with Crippen molar-refractivity contribution < 1.29 is 19.7 Å². The molecule has 0 spiro atoms. The van der Waals surface area contributed by atoms with Gasteiger partial charge in [-0.2, -0.15) is 0 Å². The lowest BCUT2D eigenvalue weighted by Crippen LogP contribution is -1.97. The van der Waals surface area contributed by atoms with Crippen LogP contribution in [0, 0.1) is 0 Å². The number of rotatable bonds is 26. The monoisotopic (exact) mass is 610 g/mol. The van der Waals surface area contributed by atoms with Crippen LogP contribution in [-0.4, -0.2) is 46.8 Å². The summed E-state index contributed by atoms with van der Waals surface area (Å²) in [6, 6.07) is 16.3. The average Bonchev–Trinajstić information content (AvgIpc) is 3.53. The van der Waals surface area contributed by atoms with E-state index in [2.05, 4.69) is 34.5 Å². The number of aliphatic hydroxyl groups is 2. The van der Waals surface area contributed by atoms with Crippen molar-refractivity contribution in [1.29, 1.82) is 0 Å². The molecule has 43 heavy (non-hydrogen) atoms. The fourth-order valence-electron chi connectivity index (χ4n) is 5.13. The maximum Gasteiger partial charge on any atom is 0.148 e. The zero-order valence-corrected chi connectivity index (χ0v) is 27.0. The van der Waals surface area contributed by atoms with E-state index in [9.17, 15) is 0 Å². The Morgan fingerprint density at radius 3 is 1.05 bits per heavy atom. The van der Waals surface area contributed by atoms with E-state index in [1.165, 1.54) is 77.0 Å². The third kappa shape index (κ3) is 15.2. The fourth-order valence-corrected chi connectivity index (χ4v) is 5.98. The van der Waals surface area contributed by atoms with Crippen LogP contribution in [0.1, 0.15) is 116 Å². The summed E-state index contributed by atoms with van der Waals surface area (Å²) in [5.41, 5.74) is 2.11. The molecule has 0 amide bonds. The van der Waals surface area contributed by atoms with Gasteiger partial charge in [-0.3, -0.25) is 0 Å². The highest BCUT2D eigenvalue weighted by atomic mass is 32.1. The smallest absolute Gasteiger partial charge is 0.148 e. The normalized spacial score (nSPS) is 11.2. The lowest BCUT2D eigenvalue weighted by Gasteiger charge is -2.07. The molecule has 0 atom stereocenters. The summed E-state index contributed by atoms with van der Waals surface area (Å²) < 4.78 is 11.9. The summed E-state index contributed by atoms with van der Waals surface area (Å²) in [4.78, 5) is 0. The molecule has 6 nitrogen and oxygen atoms in total. The fraction of sp³-hybridized carbons (Fsp3) is 0.611. The number of nitrogens with zero attached hydrogens (tertiary/aromatic N) is 2. The summed E-state index contributed by atoms with van der Waals surface area (Å²) in [5, 5.41) is 28.3. The average molecular weight is 611 g/mol. The minimum atomic E-state index is 0.327. The number of benzene rings is 2. The molecule has 3 rings (SSSR count). The zero-order chi connectivity index (χ0) is 30.2. The van der Waals surface area contributed by atoms with Gasteiger partial charge in [0, 0.05) is 24.3 Å². The topological polar surface area (TPSA) is 84.7 Å². The van der Waals surface area contributed by atoms with E-state index < -0.39 is 0 Å². The van der Waals surface area contributed by atoms with Gasteiger partial charge < -0.3 is 19.7 Å². The molecule has 238 valence electrons. The molecule has 0 saturated carbocycles. The molecule has 0 radical (unpaired) electrons. The van der Waals surface area contributed by atoms with E-state index in [0.29, 0.717) is 13.2 Å². The van der Waals surface area contributed by atoms with Gasteiger partial charge in [0.1, 0.15) is 21.5 Å². The Bertz CT molecular complexity index is 988. The summed E-state index contributed by atoms with van der Waals surface area (Å²) in [5.74, 6) is 1.80. The first-order chi connectivity index (χ1) is 21.3. The van der Waals surface area contributed by atoms with Crippen molar-refractivity contribution >= 4 is 11.3 Å². The van der Waals surface area contributed by atoms with Gasteiger partial charge in [0.25, 0.3) is 0 Å². The van der Waals surface area contributed by atoms with Crippen LogP contribution in [0.25, 0.3) is 21.1 Å². The summed E-state index contributed by atoms with van der Waals surface area (Å²) in [6.45, 7) is 2.17. The summed E-state index contributed by atoms with van der Waals surface area (Å²) >= 11 is 1.60. The summed E-state index contributed by atoms with van der Waals surface area (Å²) in [6.07, 6.45) is 21.6. The van der Waals surface area contributed by atoms with E-state index in [1.54, 1.807) is 11.3 Å². The Balaban J connectivity index is 1.27. The van der Waals surface area contributed by atoms with E-state index in [4.69, 9.17) is 19.7 Å². The van der Waals surface area contributed by atoms with E-state index in [1.807, 2.05) is 24.3 Å². The van der Waals surface area contributed by atoms with Crippen LogP contribution in [0.2, 0.25) is 0 Å². The molecule has 0 aliphatic rings. The number of unbranched alkanes of at least 4 members (excludes halogenated alkanes) is 16. The standard InChI is InChI=1S/C36H54N2O4S/c39-27-15-11-7-3-1-5-9-13-17-29-41-33-23-19-31(20-24-33)35-37-38-36(43-35)32-21-25-34(26-22-32)42-30-18-14-10-6-2-4-8-12-16-28-40/h19-26,39-40H,1-18,27-30H2. The van der Waals surface area contributed by atoms with Gasteiger partial charge in [0.2, 0.25) is 0 Å². The molecule has 3 aromatic rings. The van der Waals surface area contributed by atoms with Crippen molar-refractivity contribution in [3.05, 3.63) is 48.5 Å². The first-order valence-corrected chi connectivity index (χ1v) is 17.6. The van der Waals surface area contributed by atoms with Gasteiger partial charge in [-0.1, -0.05) is 101 Å². The van der Waals surface area contributed by atoms with Gasteiger partial charge in [0.15, 0.2) is 0 Å². The Hall–Kier alpha value is -2.48. The van der Waals surface area contributed by atoms with Crippen molar-refractivity contribution in [3.8, 4) is 32.6 Å². The van der Waals surface area contributed by atoms with Crippen LogP contribution < -0.4 is 9.47 Å². The minimum Gasteiger partial charge on any atom is -0.494 e. The maximum atomic E-state index is 8.82. The number of ether oxygens (including phenoxy) is 2. The Morgan fingerprint density at radius 2 is 0.721 bits per heavy atom. The van der Waals surface area contributed by atoms with E-state index in [0.717, 1.165) is 84.4 Å². The molecule has 0 fully saturated rings. The molecule has 2 aromatic carbocycles. The number of hydrogen-bond acceptors (Lipinski definition) is 7. The van der Waals surface area contributed by atoms with Crippen molar-refractivity contribution in [3.63, 3.8) is 0 Å². The molecular weight excluding hydrogens is 556 g/mol. The van der Waals surface area contributed by atoms with Crippen molar-refractivity contribution in [2.24, 2.45) is 0 Å². The highest BCUT2D eigenvalue weighted by Gasteiger charge is 2.09. The van der Waals surface area contributed by atoms with Gasteiger partial charge in [0.05, 0.1) is 13.2 Å². The second kappa shape index (κ2) is 23.0.